The smallest absolute Gasteiger partial charge is 0.470 e. The summed E-state index contributed by atoms with van der Waals surface area (Å²) in [6.45, 7) is 15.3. The van der Waals surface area contributed by atoms with Crippen LogP contribution in [0.4, 0.5) is 0 Å². The lowest BCUT2D eigenvalue weighted by Crippen LogP contribution is -2.65. The summed E-state index contributed by atoms with van der Waals surface area (Å²) in [6, 6.07) is -1.18. The minimum absolute atomic E-state index is 0.238. The summed E-state index contributed by atoms with van der Waals surface area (Å²) >= 11 is 7.38. The minimum Gasteiger partial charge on any atom is -0.478 e. The molecule has 0 aromatic rings. The van der Waals surface area contributed by atoms with Crippen molar-refractivity contribution in [1.29, 1.82) is 0 Å². The maximum atomic E-state index is 13.0. The van der Waals surface area contributed by atoms with Crippen molar-refractivity contribution < 1.29 is 48.5 Å². The van der Waals surface area contributed by atoms with Gasteiger partial charge in [0.15, 0.2) is 0 Å². The molecule has 6 N–H and O–H groups in total. The van der Waals surface area contributed by atoms with Crippen molar-refractivity contribution in [3.05, 3.63) is 58.7 Å². The average Bonchev–Trinajstić information content (AvgIpc) is 3.41. The average molecular weight is 805 g/mol. The van der Waals surface area contributed by atoms with E-state index in [-0.39, 0.29) is 17.4 Å². The predicted molar refractivity (Wildman–Crippen MR) is 212 cm³/mol. The van der Waals surface area contributed by atoms with Crippen LogP contribution < -0.4 is 5.32 Å². The number of aliphatic carboxylic acids is 1. The van der Waals surface area contributed by atoms with E-state index in [4.69, 9.17) is 31.2 Å². The largest absolute Gasteiger partial charge is 0.478 e. The molecule has 2 heterocycles. The highest BCUT2D eigenvalue weighted by atomic mass is 35.5. The number of aliphatic hydroxyl groups excluding tert-OH is 2. The first-order chi connectivity index (χ1) is 24.6. The first-order valence-corrected chi connectivity index (χ1v) is 21.4. The highest BCUT2D eigenvalue weighted by Crippen LogP contribution is 2.44. The van der Waals surface area contributed by atoms with Gasteiger partial charge in [0.2, 0.25) is 5.91 Å². The third-order valence-electron chi connectivity index (χ3n) is 9.99. The number of carbonyl (C=O) groups excluding carboxylic acids is 1. The van der Waals surface area contributed by atoms with Gasteiger partial charge in [-0.05, 0) is 95.6 Å². The maximum absolute atomic E-state index is 13.0. The first-order valence-electron chi connectivity index (χ1n) is 18.2. The zero-order valence-corrected chi connectivity index (χ0v) is 35.0. The van der Waals surface area contributed by atoms with Gasteiger partial charge in [-0.15, -0.1) is 23.4 Å². The van der Waals surface area contributed by atoms with Crippen LogP contribution in [-0.4, -0.2) is 109 Å². The molecule has 2 saturated heterocycles. The molecular formula is C38H62ClN2O10PS. The molecule has 9 unspecified atom stereocenters. The number of nitrogens with one attached hydrogen (secondary N) is 1. The molecule has 0 spiro atoms. The maximum Gasteiger partial charge on any atom is 0.470 e. The van der Waals surface area contributed by atoms with E-state index < -0.39 is 55.1 Å². The van der Waals surface area contributed by atoms with Gasteiger partial charge >= 0.3 is 13.8 Å². The number of amides is 1. The lowest BCUT2D eigenvalue weighted by molar-refractivity contribution is -0.201. The fourth-order valence-corrected chi connectivity index (χ4v) is 8.81. The second-order valence-electron chi connectivity index (χ2n) is 15.1. The predicted octanol–water partition coefficient (Wildman–Crippen LogP) is 6.11. The standard InChI is InChI=1S/C20H28O2.C18H34ClN2O8PS/c1-15(8-6-9-16(2)14-19(21)22)11-12-18-17(3)10-7-13-20(18,4)5;1-5-6-10-7-11(21(3)8-10)17(24)20-12(9(2)19)15-13(22)14(23)16(18(28-15)31-4)29-30(25,26)27/h6,8-9,11-12,14H,7,10,13H2,1-5H3,(H,21,22);9-16,18,22-23H,5-8H2,1-4H3,(H,20,24)(H2,25,26,27)/b9-6+,12-11+,15-8+,16-14+;. The quantitative estimate of drug-likeness (QED) is 0.0513. The van der Waals surface area contributed by atoms with Crippen LogP contribution in [0.5, 0.6) is 0 Å². The van der Waals surface area contributed by atoms with Crippen molar-refractivity contribution in [2.24, 2.45) is 11.3 Å². The third-order valence-corrected chi connectivity index (χ3v) is 11.6. The third kappa shape index (κ3) is 15.0. The molecule has 302 valence electrons. The van der Waals surface area contributed by atoms with Gasteiger partial charge in [0, 0.05) is 12.6 Å². The van der Waals surface area contributed by atoms with E-state index >= 15 is 0 Å². The Morgan fingerprint density at radius 1 is 1.19 bits per heavy atom. The number of nitrogens with zero attached hydrogens (tertiary/aromatic N) is 1. The van der Waals surface area contributed by atoms with E-state index in [1.807, 2.05) is 24.1 Å². The Bertz CT molecular complexity index is 1440. The number of carboxylic acid groups (broad SMARTS) is 1. The van der Waals surface area contributed by atoms with Gasteiger partial charge in [-0.25, -0.2) is 9.36 Å². The second kappa shape index (κ2) is 21.5. The number of ether oxygens (including phenoxy) is 1. The monoisotopic (exact) mass is 804 g/mol. The molecule has 0 bridgehead atoms. The van der Waals surface area contributed by atoms with Gasteiger partial charge in [0.25, 0.3) is 0 Å². The molecule has 1 aliphatic carbocycles. The fourth-order valence-electron chi connectivity index (χ4n) is 7.24. The normalized spacial score (nSPS) is 30.0. The summed E-state index contributed by atoms with van der Waals surface area (Å²) in [5.74, 6) is -0.717. The van der Waals surface area contributed by atoms with Crippen LogP contribution in [0.1, 0.15) is 87.0 Å². The number of phosphoric ester groups is 1. The van der Waals surface area contributed by atoms with Crippen molar-refractivity contribution in [1.82, 2.24) is 10.2 Å². The zero-order chi connectivity index (χ0) is 40.3. The van der Waals surface area contributed by atoms with E-state index in [2.05, 4.69) is 56.6 Å². The van der Waals surface area contributed by atoms with Gasteiger partial charge in [0.1, 0.15) is 29.9 Å². The van der Waals surface area contributed by atoms with Crippen molar-refractivity contribution in [2.75, 3.05) is 19.8 Å². The van der Waals surface area contributed by atoms with E-state index in [1.54, 1.807) is 26.2 Å². The summed E-state index contributed by atoms with van der Waals surface area (Å²) < 4.78 is 21.7. The number of carbonyl (C=O) groups is 2. The van der Waals surface area contributed by atoms with E-state index in [0.29, 0.717) is 5.92 Å². The van der Waals surface area contributed by atoms with Crippen molar-refractivity contribution in [2.45, 2.75) is 134 Å². The lowest BCUT2D eigenvalue weighted by Gasteiger charge is -2.45. The van der Waals surface area contributed by atoms with Gasteiger partial charge in [-0.3, -0.25) is 14.2 Å². The Hall–Kier alpha value is -1.77. The van der Waals surface area contributed by atoms with E-state index in [1.165, 1.54) is 36.5 Å². The van der Waals surface area contributed by atoms with Crippen LogP contribution in [-0.2, 0) is 23.4 Å². The molecule has 12 nitrogen and oxygen atoms in total. The van der Waals surface area contributed by atoms with Crippen LogP contribution in [0.15, 0.2) is 58.7 Å². The number of aliphatic hydroxyl groups is 2. The van der Waals surface area contributed by atoms with Crippen LogP contribution in [0.25, 0.3) is 0 Å². The van der Waals surface area contributed by atoms with E-state index in [9.17, 15) is 24.4 Å². The highest BCUT2D eigenvalue weighted by Gasteiger charge is 2.51. The van der Waals surface area contributed by atoms with Crippen molar-refractivity contribution in [3.63, 3.8) is 0 Å². The Kier molecular flexibility index (Phi) is 19.2. The summed E-state index contributed by atoms with van der Waals surface area (Å²) in [6.07, 6.45) is 13.6. The molecule has 0 radical (unpaired) electrons. The summed E-state index contributed by atoms with van der Waals surface area (Å²) in [4.78, 5) is 43.8. The molecule has 9 atom stereocenters. The van der Waals surface area contributed by atoms with Gasteiger partial charge < -0.3 is 35.2 Å². The summed E-state index contributed by atoms with van der Waals surface area (Å²) in [7, 11) is -3.04. The minimum atomic E-state index is -4.93. The fraction of sp³-hybridized carbons (Fsp3) is 0.684. The topological polar surface area (TPSA) is 186 Å². The van der Waals surface area contributed by atoms with Crippen LogP contribution in [0.2, 0.25) is 0 Å². The lowest BCUT2D eigenvalue weighted by atomic mass is 9.72. The Morgan fingerprint density at radius 2 is 1.85 bits per heavy atom. The van der Waals surface area contributed by atoms with Crippen molar-refractivity contribution >= 4 is 43.1 Å². The molecule has 2 fully saturated rings. The highest BCUT2D eigenvalue weighted by molar-refractivity contribution is 7.99. The number of hydrogen-bond acceptors (Lipinski definition) is 9. The zero-order valence-electron chi connectivity index (χ0n) is 32.6. The first kappa shape index (κ1) is 47.4. The molecule has 53 heavy (non-hydrogen) atoms. The van der Waals surface area contributed by atoms with Crippen LogP contribution in [0, 0.1) is 11.3 Å². The number of rotatable bonds is 14. The van der Waals surface area contributed by atoms with E-state index in [0.717, 1.165) is 48.7 Å². The number of halogens is 1. The molecule has 1 amide bonds. The summed E-state index contributed by atoms with van der Waals surface area (Å²) in [5.41, 5.74) is 4.10. The number of likely N-dealkylation sites (tertiary alicyclic amines) is 1. The molecule has 0 aromatic heterocycles. The number of phosphoric acid groups is 1. The molecule has 0 saturated carbocycles. The number of carboxylic acids is 1. The molecular weight excluding hydrogens is 743 g/mol. The molecule has 15 heteroatoms. The van der Waals surface area contributed by atoms with Crippen LogP contribution >= 0.6 is 31.2 Å². The molecule has 2 aliphatic heterocycles. The van der Waals surface area contributed by atoms with Gasteiger partial charge in [-0.2, -0.15) is 0 Å². The van der Waals surface area contributed by atoms with Gasteiger partial charge in [0.05, 0.1) is 17.5 Å². The SMILES string of the molecule is CC1=C(/C=C/C(C)=C/C=C/C(C)=C/C(=O)O)C(C)(C)CCC1.CCCC1CC(C(=O)NC(C(C)Cl)C2OC(SC)C(OP(=O)(O)O)C(O)C2O)N(C)C1. The molecule has 0 aromatic carbocycles. The molecule has 3 aliphatic rings. The number of likely N-dealkylation sites (N-methyl/N-ethyl adjacent to an activating group) is 1. The second-order valence-corrected chi connectivity index (χ2v) is 17.9. The van der Waals surface area contributed by atoms with Crippen molar-refractivity contribution in [3.8, 4) is 0 Å². The van der Waals surface area contributed by atoms with Gasteiger partial charge in [-0.1, -0.05) is 68.7 Å². The summed E-state index contributed by atoms with van der Waals surface area (Å²) in [5, 5.41) is 32.0. The number of thioether (sulfide) groups is 1. The number of hydrogen-bond donors (Lipinski definition) is 6. The Morgan fingerprint density at radius 3 is 2.40 bits per heavy atom. The number of alkyl halides is 1. The Labute approximate surface area is 325 Å². The van der Waals surface area contributed by atoms with Crippen LogP contribution in [0.3, 0.4) is 0 Å². The Balaban J connectivity index is 0.000000390. The molecule has 3 rings (SSSR count). The number of allylic oxidation sites excluding steroid dienone is 9.